The van der Waals surface area contributed by atoms with Crippen LogP contribution in [0.3, 0.4) is 0 Å². The Labute approximate surface area is 205 Å². The molecule has 0 radical (unpaired) electrons. The molecule has 1 unspecified atom stereocenters. The van der Waals surface area contributed by atoms with E-state index in [2.05, 4.69) is 20.5 Å². The molecule has 1 aliphatic rings. The van der Waals surface area contributed by atoms with Crippen LogP contribution >= 0.6 is 11.8 Å². The zero-order valence-corrected chi connectivity index (χ0v) is 19.9. The van der Waals surface area contributed by atoms with Gasteiger partial charge < -0.3 is 9.88 Å². The molecule has 9 heteroatoms. The van der Waals surface area contributed by atoms with Gasteiger partial charge in [0.1, 0.15) is 0 Å². The SMILES string of the molecule is CCn1c(SC(C)C(=O)Nc2ccc3c(c2)C(=O)c2ccccc2C3=O)nnc1-c1ccncc1. The van der Waals surface area contributed by atoms with Gasteiger partial charge in [-0.15, -0.1) is 10.2 Å². The number of carbonyl (C=O) groups is 3. The number of fused-ring (bicyclic) bond motifs is 2. The summed E-state index contributed by atoms with van der Waals surface area (Å²) in [6, 6.07) is 15.3. The molecule has 2 aromatic carbocycles. The second-order valence-electron chi connectivity index (χ2n) is 8.00. The number of rotatable bonds is 6. The van der Waals surface area contributed by atoms with Gasteiger partial charge in [0.25, 0.3) is 0 Å². The Morgan fingerprint density at radius 2 is 1.60 bits per heavy atom. The van der Waals surface area contributed by atoms with Crippen molar-refractivity contribution >= 4 is 34.9 Å². The molecule has 0 bridgehead atoms. The number of hydrogen-bond donors (Lipinski definition) is 1. The van der Waals surface area contributed by atoms with Gasteiger partial charge in [-0.25, -0.2) is 0 Å². The second-order valence-corrected chi connectivity index (χ2v) is 9.31. The Hall–Kier alpha value is -4.11. The number of nitrogens with one attached hydrogen (secondary N) is 1. The molecule has 0 fully saturated rings. The smallest absolute Gasteiger partial charge is 0.237 e. The van der Waals surface area contributed by atoms with Crippen LogP contribution in [0.1, 0.15) is 45.7 Å². The van der Waals surface area contributed by atoms with Crippen molar-refractivity contribution in [3.8, 4) is 11.4 Å². The van der Waals surface area contributed by atoms with Crippen molar-refractivity contribution in [1.29, 1.82) is 0 Å². The number of thioether (sulfide) groups is 1. The number of ketones is 2. The molecular weight excluding hydrogens is 462 g/mol. The van der Waals surface area contributed by atoms with Crippen LogP contribution in [0.25, 0.3) is 11.4 Å². The molecule has 35 heavy (non-hydrogen) atoms. The van der Waals surface area contributed by atoms with Gasteiger partial charge in [-0.1, -0.05) is 36.0 Å². The molecule has 174 valence electrons. The molecule has 0 aliphatic heterocycles. The lowest BCUT2D eigenvalue weighted by Gasteiger charge is -2.18. The minimum absolute atomic E-state index is 0.194. The summed E-state index contributed by atoms with van der Waals surface area (Å²) in [7, 11) is 0. The Morgan fingerprint density at radius 1 is 0.943 bits per heavy atom. The first kappa shape index (κ1) is 22.7. The molecule has 0 saturated carbocycles. The summed E-state index contributed by atoms with van der Waals surface area (Å²) < 4.78 is 1.95. The fourth-order valence-electron chi connectivity index (χ4n) is 4.01. The van der Waals surface area contributed by atoms with E-state index in [1.165, 1.54) is 11.8 Å². The molecule has 2 heterocycles. The molecule has 1 aliphatic carbocycles. The highest BCUT2D eigenvalue weighted by molar-refractivity contribution is 8.00. The highest BCUT2D eigenvalue weighted by Gasteiger charge is 2.30. The number of benzene rings is 2. The van der Waals surface area contributed by atoms with Gasteiger partial charge in [0, 0.05) is 52.4 Å². The average molecular weight is 484 g/mol. The minimum atomic E-state index is -0.483. The van der Waals surface area contributed by atoms with E-state index in [1.54, 1.807) is 61.8 Å². The lowest BCUT2D eigenvalue weighted by Crippen LogP contribution is -2.24. The predicted octanol–water partition coefficient (Wildman–Crippen LogP) is 4.25. The summed E-state index contributed by atoms with van der Waals surface area (Å²) in [5, 5.41) is 11.6. The van der Waals surface area contributed by atoms with Crippen LogP contribution < -0.4 is 5.32 Å². The summed E-state index contributed by atoms with van der Waals surface area (Å²) in [6.45, 7) is 4.42. The van der Waals surface area contributed by atoms with Crippen molar-refractivity contribution in [2.75, 3.05) is 5.32 Å². The summed E-state index contributed by atoms with van der Waals surface area (Å²) in [5.41, 5.74) is 2.76. The van der Waals surface area contributed by atoms with Gasteiger partial charge in [0.15, 0.2) is 22.5 Å². The van der Waals surface area contributed by atoms with Crippen molar-refractivity contribution in [1.82, 2.24) is 19.7 Å². The van der Waals surface area contributed by atoms with E-state index in [1.807, 2.05) is 23.6 Å². The standard InChI is InChI=1S/C26H21N5O3S/c1-3-31-24(16-10-12-27-13-11-16)29-30-26(31)35-15(2)25(34)28-17-8-9-20-21(14-17)23(33)19-7-5-4-6-18(19)22(20)32/h4-15H,3H2,1-2H3,(H,28,34). The van der Waals surface area contributed by atoms with Gasteiger partial charge in [-0.05, 0) is 44.2 Å². The maximum atomic E-state index is 13.0. The first-order chi connectivity index (χ1) is 17.0. The maximum Gasteiger partial charge on any atom is 0.237 e. The molecule has 1 amide bonds. The molecule has 0 saturated heterocycles. The Bertz CT molecular complexity index is 1470. The van der Waals surface area contributed by atoms with Crippen molar-refractivity contribution in [3.05, 3.63) is 89.2 Å². The monoisotopic (exact) mass is 483 g/mol. The average Bonchev–Trinajstić information content (AvgIpc) is 3.30. The zero-order valence-electron chi connectivity index (χ0n) is 19.1. The van der Waals surface area contributed by atoms with Crippen LogP contribution in [0.2, 0.25) is 0 Å². The van der Waals surface area contributed by atoms with Crippen molar-refractivity contribution < 1.29 is 14.4 Å². The third-order valence-corrected chi connectivity index (χ3v) is 6.90. The van der Waals surface area contributed by atoms with E-state index in [0.717, 1.165) is 5.56 Å². The molecule has 4 aromatic rings. The van der Waals surface area contributed by atoms with Crippen LogP contribution in [-0.2, 0) is 11.3 Å². The van der Waals surface area contributed by atoms with E-state index in [-0.39, 0.29) is 17.5 Å². The van der Waals surface area contributed by atoms with Crippen LogP contribution in [0.4, 0.5) is 5.69 Å². The lowest BCUT2D eigenvalue weighted by atomic mass is 9.84. The third-order valence-electron chi connectivity index (χ3n) is 5.82. The summed E-state index contributed by atoms with van der Waals surface area (Å²) in [4.78, 5) is 42.8. The van der Waals surface area contributed by atoms with Gasteiger partial charge in [0.2, 0.25) is 5.91 Å². The number of nitrogens with zero attached hydrogens (tertiary/aromatic N) is 4. The van der Waals surface area contributed by atoms with Gasteiger partial charge in [-0.3, -0.25) is 19.4 Å². The van der Waals surface area contributed by atoms with Crippen LogP contribution in [-0.4, -0.2) is 42.5 Å². The maximum absolute atomic E-state index is 13.0. The van der Waals surface area contributed by atoms with Crippen molar-refractivity contribution in [3.63, 3.8) is 0 Å². The number of pyridine rings is 1. The Morgan fingerprint density at radius 3 is 2.29 bits per heavy atom. The first-order valence-electron chi connectivity index (χ1n) is 11.1. The molecule has 1 N–H and O–H groups in total. The third kappa shape index (κ3) is 4.15. The Balaban J connectivity index is 1.33. The fraction of sp³-hybridized carbons (Fsp3) is 0.154. The number of aromatic nitrogens is 4. The van der Waals surface area contributed by atoms with Crippen LogP contribution in [0, 0.1) is 0 Å². The van der Waals surface area contributed by atoms with Gasteiger partial charge in [-0.2, -0.15) is 0 Å². The quantitative estimate of drug-likeness (QED) is 0.360. The summed E-state index contributed by atoms with van der Waals surface area (Å²) in [5.74, 6) is 0.0403. The topological polar surface area (TPSA) is 107 Å². The van der Waals surface area contributed by atoms with Crippen molar-refractivity contribution in [2.24, 2.45) is 0 Å². The highest BCUT2D eigenvalue weighted by atomic mass is 32.2. The molecule has 1 atom stereocenters. The van der Waals surface area contributed by atoms with E-state index < -0.39 is 5.25 Å². The first-order valence-corrected chi connectivity index (χ1v) is 12.0. The van der Waals surface area contributed by atoms with Crippen LogP contribution in [0.5, 0.6) is 0 Å². The van der Waals surface area contributed by atoms with Gasteiger partial charge >= 0.3 is 0 Å². The lowest BCUT2D eigenvalue weighted by molar-refractivity contribution is -0.115. The normalized spacial score (nSPS) is 13.2. The molecule has 8 nitrogen and oxygen atoms in total. The summed E-state index contributed by atoms with van der Waals surface area (Å²) in [6.07, 6.45) is 3.39. The van der Waals surface area contributed by atoms with Gasteiger partial charge in [0.05, 0.1) is 5.25 Å². The number of amides is 1. The van der Waals surface area contributed by atoms with E-state index >= 15 is 0 Å². The summed E-state index contributed by atoms with van der Waals surface area (Å²) >= 11 is 1.30. The number of hydrogen-bond acceptors (Lipinski definition) is 7. The molecular formula is C26H21N5O3S. The predicted molar refractivity (Wildman–Crippen MR) is 133 cm³/mol. The van der Waals surface area contributed by atoms with Crippen molar-refractivity contribution in [2.45, 2.75) is 30.8 Å². The molecule has 5 rings (SSSR count). The van der Waals surface area contributed by atoms with E-state index in [4.69, 9.17) is 0 Å². The largest absolute Gasteiger partial charge is 0.325 e. The number of anilines is 1. The molecule has 0 spiro atoms. The second kappa shape index (κ2) is 9.27. The zero-order chi connectivity index (χ0) is 24.5. The van der Waals surface area contributed by atoms with E-state index in [9.17, 15) is 14.4 Å². The van der Waals surface area contributed by atoms with Crippen LogP contribution in [0.15, 0.2) is 72.1 Å². The minimum Gasteiger partial charge on any atom is -0.325 e. The number of carbonyl (C=O) groups excluding carboxylic acids is 3. The highest BCUT2D eigenvalue weighted by Crippen LogP contribution is 2.30. The Kier molecular flexibility index (Phi) is 6.00. The molecule has 2 aromatic heterocycles. The van der Waals surface area contributed by atoms with E-state index in [0.29, 0.717) is 45.5 Å². The fourth-order valence-corrected chi connectivity index (χ4v) is 4.92.